The van der Waals surface area contributed by atoms with Crippen LogP contribution in [0.25, 0.3) is 0 Å². The van der Waals surface area contributed by atoms with Gasteiger partial charge in [-0.05, 0) is 35.9 Å². The number of hydrogen-bond acceptors (Lipinski definition) is 6. The molecule has 0 N–H and O–H groups in total. The van der Waals surface area contributed by atoms with Gasteiger partial charge in [0.15, 0.2) is 0 Å². The van der Waals surface area contributed by atoms with Gasteiger partial charge < -0.3 is 19.1 Å². The number of benzene rings is 2. The second kappa shape index (κ2) is 10.3. The maximum atomic E-state index is 13.1. The molecule has 0 bridgehead atoms. The third-order valence-electron chi connectivity index (χ3n) is 5.28. The first-order valence-corrected chi connectivity index (χ1v) is 11.2. The van der Waals surface area contributed by atoms with E-state index in [-0.39, 0.29) is 29.0 Å². The Morgan fingerprint density at radius 1 is 1.06 bits per heavy atom. The topological polar surface area (TPSA) is 65.8 Å². The van der Waals surface area contributed by atoms with Crippen LogP contribution in [0.15, 0.2) is 47.3 Å². The highest BCUT2D eigenvalue weighted by molar-refractivity contribution is 6.32. The van der Waals surface area contributed by atoms with Crippen LogP contribution in [0.3, 0.4) is 0 Å². The van der Waals surface area contributed by atoms with Crippen LogP contribution >= 0.6 is 23.2 Å². The van der Waals surface area contributed by atoms with Gasteiger partial charge in [-0.3, -0.25) is 4.57 Å². The molecule has 0 atom stereocenters. The number of nitrogens with zero attached hydrogens (tertiary/aromatic N) is 3. The standard InChI is InChI=1S/C23H20Cl2F3N3O4/c1-30-21(31-6-8-33-9-7-31)12-20(29-22(30)32)34-13-14-2-5-19(18(25)10-14)35-15-3-4-17(24)16(11-15)23(26,27)28/h2-5,10-12H,6-9,13H2,1H3. The fraction of sp³-hybridized carbons (Fsp3) is 0.304. The number of halogens is 5. The van der Waals surface area contributed by atoms with E-state index in [1.165, 1.54) is 16.7 Å². The van der Waals surface area contributed by atoms with Crippen molar-refractivity contribution in [2.24, 2.45) is 7.05 Å². The van der Waals surface area contributed by atoms with E-state index in [1.807, 2.05) is 4.90 Å². The fourth-order valence-electron chi connectivity index (χ4n) is 3.46. The van der Waals surface area contributed by atoms with Crippen LogP contribution in [-0.4, -0.2) is 35.9 Å². The van der Waals surface area contributed by atoms with Crippen LogP contribution in [0.1, 0.15) is 11.1 Å². The molecule has 1 aliphatic heterocycles. The van der Waals surface area contributed by atoms with E-state index < -0.39 is 22.5 Å². The van der Waals surface area contributed by atoms with Crippen molar-refractivity contribution in [1.29, 1.82) is 0 Å². The van der Waals surface area contributed by atoms with Gasteiger partial charge in [0.25, 0.3) is 0 Å². The average Bonchev–Trinajstić information content (AvgIpc) is 2.82. The van der Waals surface area contributed by atoms with Gasteiger partial charge in [-0.1, -0.05) is 29.3 Å². The van der Waals surface area contributed by atoms with Crippen molar-refractivity contribution >= 4 is 29.0 Å². The molecule has 12 heteroatoms. The molecule has 186 valence electrons. The summed E-state index contributed by atoms with van der Waals surface area (Å²) >= 11 is 11.9. The van der Waals surface area contributed by atoms with Gasteiger partial charge >= 0.3 is 11.9 Å². The minimum absolute atomic E-state index is 0.0574. The first-order chi connectivity index (χ1) is 16.6. The molecule has 2 aromatic carbocycles. The molecule has 0 unspecified atom stereocenters. The van der Waals surface area contributed by atoms with Gasteiger partial charge in [-0.25, -0.2) is 4.79 Å². The van der Waals surface area contributed by atoms with Crippen molar-refractivity contribution < 1.29 is 27.4 Å². The van der Waals surface area contributed by atoms with Gasteiger partial charge in [0.05, 0.1) is 28.8 Å². The lowest BCUT2D eigenvalue weighted by Gasteiger charge is -2.29. The van der Waals surface area contributed by atoms with Gasteiger partial charge in [-0.15, -0.1) is 0 Å². The van der Waals surface area contributed by atoms with Crippen LogP contribution in [0.4, 0.5) is 19.0 Å². The zero-order chi connectivity index (χ0) is 25.2. The Hall–Kier alpha value is -2.95. The molecular weight excluding hydrogens is 510 g/mol. The monoisotopic (exact) mass is 529 g/mol. The molecule has 35 heavy (non-hydrogen) atoms. The summed E-state index contributed by atoms with van der Waals surface area (Å²) in [4.78, 5) is 18.2. The second-order valence-electron chi connectivity index (χ2n) is 7.69. The summed E-state index contributed by atoms with van der Waals surface area (Å²) in [5.74, 6) is 0.929. The molecule has 4 rings (SSSR count). The molecule has 1 aliphatic rings. The summed E-state index contributed by atoms with van der Waals surface area (Å²) < 4.78 is 57.3. The van der Waals surface area contributed by atoms with Gasteiger partial charge in [0.1, 0.15) is 23.9 Å². The third-order valence-corrected chi connectivity index (χ3v) is 5.90. The first kappa shape index (κ1) is 25.2. The highest BCUT2D eigenvalue weighted by atomic mass is 35.5. The first-order valence-electron chi connectivity index (χ1n) is 10.5. The zero-order valence-electron chi connectivity index (χ0n) is 18.4. The van der Waals surface area contributed by atoms with Crippen molar-refractivity contribution in [3.05, 3.63) is 74.1 Å². The van der Waals surface area contributed by atoms with Gasteiger partial charge in [0, 0.05) is 26.2 Å². The molecule has 0 saturated carbocycles. The van der Waals surface area contributed by atoms with Crippen LogP contribution in [-0.2, 0) is 24.6 Å². The predicted octanol–water partition coefficient (Wildman–Crippen LogP) is 5.31. The summed E-state index contributed by atoms with van der Waals surface area (Å²) in [5, 5.41) is -0.259. The van der Waals surface area contributed by atoms with E-state index in [4.69, 9.17) is 37.4 Å². The van der Waals surface area contributed by atoms with Crippen molar-refractivity contribution in [2.45, 2.75) is 12.8 Å². The highest BCUT2D eigenvalue weighted by Crippen LogP contribution is 2.38. The summed E-state index contributed by atoms with van der Waals surface area (Å²) in [5.41, 5.74) is -0.812. The summed E-state index contributed by atoms with van der Waals surface area (Å²) in [6, 6.07) is 9.64. The normalized spacial score (nSPS) is 14.2. The Morgan fingerprint density at radius 2 is 1.80 bits per heavy atom. The number of anilines is 1. The Balaban J connectivity index is 1.46. The summed E-state index contributed by atoms with van der Waals surface area (Å²) in [6.07, 6.45) is -4.62. The number of morpholine rings is 1. The van der Waals surface area contributed by atoms with Gasteiger partial charge in [-0.2, -0.15) is 18.2 Å². The number of alkyl halides is 3. The fourth-order valence-corrected chi connectivity index (χ4v) is 3.93. The molecule has 2 heterocycles. The molecule has 1 fully saturated rings. The summed E-state index contributed by atoms with van der Waals surface area (Å²) in [6.45, 7) is 2.47. The lowest BCUT2D eigenvalue weighted by molar-refractivity contribution is -0.137. The smallest absolute Gasteiger partial charge is 0.417 e. The molecule has 0 radical (unpaired) electrons. The highest BCUT2D eigenvalue weighted by Gasteiger charge is 2.33. The number of aromatic nitrogens is 2. The lowest BCUT2D eigenvalue weighted by atomic mass is 10.2. The number of hydrogen-bond donors (Lipinski definition) is 0. The summed E-state index contributed by atoms with van der Waals surface area (Å²) in [7, 11) is 1.64. The van der Waals surface area contributed by atoms with E-state index in [1.54, 1.807) is 25.2 Å². The minimum atomic E-state index is -4.62. The molecular formula is C23H20Cl2F3N3O4. The van der Waals surface area contributed by atoms with Crippen molar-refractivity contribution in [3.8, 4) is 17.4 Å². The van der Waals surface area contributed by atoms with Crippen LogP contribution in [0, 0.1) is 0 Å². The molecule has 7 nitrogen and oxygen atoms in total. The minimum Gasteiger partial charge on any atom is -0.473 e. The van der Waals surface area contributed by atoms with E-state index in [9.17, 15) is 18.0 Å². The second-order valence-corrected chi connectivity index (χ2v) is 8.50. The maximum Gasteiger partial charge on any atom is 0.417 e. The predicted molar refractivity (Wildman–Crippen MR) is 125 cm³/mol. The Kier molecular flexibility index (Phi) is 7.44. The zero-order valence-corrected chi connectivity index (χ0v) is 20.0. The maximum absolute atomic E-state index is 13.1. The van der Waals surface area contributed by atoms with Crippen molar-refractivity contribution in [2.75, 3.05) is 31.2 Å². The Morgan fingerprint density at radius 3 is 2.49 bits per heavy atom. The van der Waals surface area contributed by atoms with Crippen LogP contribution < -0.4 is 20.1 Å². The number of rotatable bonds is 6. The van der Waals surface area contributed by atoms with E-state index >= 15 is 0 Å². The van der Waals surface area contributed by atoms with Crippen molar-refractivity contribution in [1.82, 2.24) is 9.55 Å². The molecule has 3 aromatic rings. The lowest BCUT2D eigenvalue weighted by Crippen LogP contribution is -2.39. The van der Waals surface area contributed by atoms with Crippen LogP contribution in [0.5, 0.6) is 17.4 Å². The SMILES string of the molecule is Cn1c(N2CCOCC2)cc(OCc2ccc(Oc3ccc(Cl)c(C(F)(F)F)c3)c(Cl)c2)nc1=O. The molecule has 0 amide bonds. The molecule has 0 spiro atoms. The number of ether oxygens (including phenoxy) is 3. The third kappa shape index (κ3) is 6.01. The Labute approximate surface area is 208 Å². The van der Waals surface area contributed by atoms with Crippen molar-refractivity contribution in [3.63, 3.8) is 0 Å². The Bertz CT molecular complexity index is 1280. The average molecular weight is 530 g/mol. The van der Waals surface area contributed by atoms with E-state index in [0.717, 1.165) is 12.1 Å². The largest absolute Gasteiger partial charge is 0.473 e. The molecule has 0 aliphatic carbocycles. The van der Waals surface area contributed by atoms with E-state index in [0.29, 0.717) is 37.7 Å². The van der Waals surface area contributed by atoms with E-state index in [2.05, 4.69) is 4.98 Å². The quantitative estimate of drug-likeness (QED) is 0.431. The molecule has 1 saturated heterocycles. The van der Waals surface area contributed by atoms with Crippen LogP contribution in [0.2, 0.25) is 10.0 Å². The molecule has 1 aromatic heterocycles. The van der Waals surface area contributed by atoms with Gasteiger partial charge in [0.2, 0.25) is 5.88 Å².